The van der Waals surface area contributed by atoms with Gasteiger partial charge in [-0.05, 0) is 31.5 Å². The molecule has 0 aliphatic carbocycles. The normalized spacial score (nSPS) is 14.5. The predicted molar refractivity (Wildman–Crippen MR) is 84.9 cm³/mol. The van der Waals surface area contributed by atoms with Crippen LogP contribution < -0.4 is 0 Å². The van der Waals surface area contributed by atoms with Crippen molar-refractivity contribution in [3.05, 3.63) is 65.7 Å². The monoisotopic (exact) mass is 320 g/mol. The van der Waals surface area contributed by atoms with Gasteiger partial charge in [-0.1, -0.05) is 48.0 Å². The molecule has 0 aromatic heterocycles. The SMILES string of the molecule is Cc1ccc(S(=O)(=O)OCC[C@](C)(O)c2ccccc2)cc1. The summed E-state index contributed by atoms with van der Waals surface area (Å²) >= 11 is 0. The van der Waals surface area contributed by atoms with E-state index >= 15 is 0 Å². The molecule has 0 spiro atoms. The lowest BCUT2D eigenvalue weighted by atomic mass is 9.93. The third-order valence-corrected chi connectivity index (χ3v) is 4.86. The second-order valence-corrected chi connectivity index (χ2v) is 7.09. The maximum atomic E-state index is 12.1. The van der Waals surface area contributed by atoms with Crippen molar-refractivity contribution in [2.45, 2.75) is 30.8 Å². The highest BCUT2D eigenvalue weighted by atomic mass is 32.2. The average molecular weight is 320 g/mol. The highest BCUT2D eigenvalue weighted by Crippen LogP contribution is 2.25. The molecule has 4 nitrogen and oxygen atoms in total. The standard InChI is InChI=1S/C17H20O4S/c1-14-8-10-16(11-9-14)22(19,20)21-13-12-17(2,18)15-6-4-3-5-7-15/h3-11,18H,12-13H2,1-2H3/t17-/m0/s1. The summed E-state index contributed by atoms with van der Waals surface area (Å²) in [6.45, 7) is 3.44. The molecular formula is C17H20O4S. The summed E-state index contributed by atoms with van der Waals surface area (Å²) < 4.78 is 29.1. The Balaban J connectivity index is 1.99. The molecule has 0 aliphatic heterocycles. The first-order chi connectivity index (χ1) is 10.3. The molecule has 0 heterocycles. The minimum absolute atomic E-state index is 0.0852. The molecule has 1 N–H and O–H groups in total. The molecular weight excluding hydrogens is 300 g/mol. The van der Waals surface area contributed by atoms with E-state index in [1.54, 1.807) is 31.2 Å². The van der Waals surface area contributed by atoms with E-state index < -0.39 is 15.7 Å². The van der Waals surface area contributed by atoms with Crippen LogP contribution in [0.5, 0.6) is 0 Å². The molecule has 0 radical (unpaired) electrons. The van der Waals surface area contributed by atoms with Crippen LogP contribution in [0.15, 0.2) is 59.5 Å². The van der Waals surface area contributed by atoms with Crippen LogP contribution in [0.4, 0.5) is 0 Å². The lowest BCUT2D eigenvalue weighted by molar-refractivity contribution is 0.0343. The van der Waals surface area contributed by atoms with Gasteiger partial charge >= 0.3 is 0 Å². The van der Waals surface area contributed by atoms with E-state index in [0.717, 1.165) is 11.1 Å². The van der Waals surface area contributed by atoms with E-state index in [0.29, 0.717) is 0 Å². The van der Waals surface area contributed by atoms with Gasteiger partial charge in [0.25, 0.3) is 10.1 Å². The molecule has 0 fully saturated rings. The summed E-state index contributed by atoms with van der Waals surface area (Å²) in [5.74, 6) is 0. The molecule has 2 rings (SSSR count). The minimum Gasteiger partial charge on any atom is -0.385 e. The zero-order valence-corrected chi connectivity index (χ0v) is 13.5. The Morgan fingerprint density at radius 1 is 1.05 bits per heavy atom. The molecule has 1 atom stereocenters. The lowest BCUT2D eigenvalue weighted by Gasteiger charge is -2.23. The lowest BCUT2D eigenvalue weighted by Crippen LogP contribution is -2.24. The van der Waals surface area contributed by atoms with Crippen LogP contribution in [0.2, 0.25) is 0 Å². The first-order valence-corrected chi connectivity index (χ1v) is 8.46. The smallest absolute Gasteiger partial charge is 0.296 e. The van der Waals surface area contributed by atoms with Crippen LogP contribution in [0, 0.1) is 6.92 Å². The molecule has 2 aromatic rings. The van der Waals surface area contributed by atoms with Crippen molar-refractivity contribution in [1.82, 2.24) is 0 Å². The van der Waals surface area contributed by atoms with Gasteiger partial charge in [-0.15, -0.1) is 0 Å². The highest BCUT2D eigenvalue weighted by Gasteiger charge is 2.24. The summed E-state index contributed by atoms with van der Waals surface area (Å²) in [5, 5.41) is 10.4. The molecule has 0 unspecified atom stereocenters. The molecule has 2 aromatic carbocycles. The van der Waals surface area contributed by atoms with Crippen LogP contribution in [0.25, 0.3) is 0 Å². The first kappa shape index (κ1) is 16.7. The first-order valence-electron chi connectivity index (χ1n) is 7.05. The average Bonchev–Trinajstić information content (AvgIpc) is 2.48. The van der Waals surface area contributed by atoms with Crippen molar-refractivity contribution in [1.29, 1.82) is 0 Å². The van der Waals surface area contributed by atoms with Crippen molar-refractivity contribution in [2.24, 2.45) is 0 Å². The molecule has 0 amide bonds. The second kappa shape index (κ2) is 6.60. The van der Waals surface area contributed by atoms with Gasteiger partial charge in [0.05, 0.1) is 17.1 Å². The molecule has 0 aliphatic rings. The van der Waals surface area contributed by atoms with Crippen molar-refractivity contribution < 1.29 is 17.7 Å². The zero-order valence-electron chi connectivity index (χ0n) is 12.7. The Bertz CT molecular complexity index is 704. The van der Waals surface area contributed by atoms with E-state index in [4.69, 9.17) is 4.18 Å². The van der Waals surface area contributed by atoms with E-state index in [1.165, 1.54) is 12.1 Å². The van der Waals surface area contributed by atoms with Crippen molar-refractivity contribution >= 4 is 10.1 Å². The number of aliphatic hydroxyl groups is 1. The summed E-state index contributed by atoms with van der Waals surface area (Å²) in [6, 6.07) is 15.6. The molecule has 5 heteroatoms. The van der Waals surface area contributed by atoms with E-state index in [1.807, 2.05) is 25.1 Å². The zero-order chi connectivity index (χ0) is 16.2. The highest BCUT2D eigenvalue weighted by molar-refractivity contribution is 7.86. The van der Waals surface area contributed by atoms with Gasteiger partial charge in [0.1, 0.15) is 0 Å². The summed E-state index contributed by atoms with van der Waals surface area (Å²) in [4.78, 5) is 0.123. The van der Waals surface area contributed by atoms with Gasteiger partial charge in [0.2, 0.25) is 0 Å². The largest absolute Gasteiger partial charge is 0.385 e. The minimum atomic E-state index is -3.79. The van der Waals surface area contributed by atoms with Crippen LogP contribution in [0.1, 0.15) is 24.5 Å². The fourth-order valence-corrected chi connectivity index (χ4v) is 2.97. The predicted octanol–water partition coefficient (Wildman–Crippen LogP) is 3.00. The number of benzene rings is 2. The number of hydrogen-bond donors (Lipinski definition) is 1. The van der Waals surface area contributed by atoms with Crippen molar-refractivity contribution in [3.63, 3.8) is 0 Å². The van der Waals surface area contributed by atoms with Gasteiger partial charge in [0.15, 0.2) is 0 Å². The quantitative estimate of drug-likeness (QED) is 0.831. The maximum absolute atomic E-state index is 12.1. The van der Waals surface area contributed by atoms with Gasteiger partial charge in [0, 0.05) is 6.42 Å². The fourth-order valence-electron chi connectivity index (χ4n) is 2.06. The van der Waals surface area contributed by atoms with Crippen molar-refractivity contribution in [3.8, 4) is 0 Å². The van der Waals surface area contributed by atoms with Crippen LogP contribution in [0.3, 0.4) is 0 Å². The Hall–Kier alpha value is -1.69. The van der Waals surface area contributed by atoms with E-state index in [-0.39, 0.29) is 17.9 Å². The summed E-state index contributed by atoms with van der Waals surface area (Å²) in [6.07, 6.45) is 0.183. The van der Waals surface area contributed by atoms with Gasteiger partial charge < -0.3 is 5.11 Å². The van der Waals surface area contributed by atoms with Crippen molar-refractivity contribution in [2.75, 3.05) is 6.61 Å². The van der Waals surface area contributed by atoms with E-state index in [2.05, 4.69) is 0 Å². The molecule has 0 saturated heterocycles. The Morgan fingerprint density at radius 2 is 1.64 bits per heavy atom. The summed E-state index contributed by atoms with van der Waals surface area (Å²) in [5.41, 5.74) is 0.571. The van der Waals surface area contributed by atoms with E-state index in [9.17, 15) is 13.5 Å². The Labute approximate surface area is 131 Å². The van der Waals surface area contributed by atoms with Gasteiger partial charge in [-0.2, -0.15) is 8.42 Å². The molecule has 22 heavy (non-hydrogen) atoms. The number of aryl methyl sites for hydroxylation is 1. The van der Waals surface area contributed by atoms with Crippen LogP contribution >= 0.6 is 0 Å². The number of hydrogen-bond acceptors (Lipinski definition) is 4. The van der Waals surface area contributed by atoms with Crippen LogP contribution in [-0.4, -0.2) is 20.1 Å². The maximum Gasteiger partial charge on any atom is 0.296 e. The fraction of sp³-hybridized carbons (Fsp3) is 0.294. The molecule has 0 bridgehead atoms. The van der Waals surface area contributed by atoms with Gasteiger partial charge in [-0.3, -0.25) is 4.18 Å². The Kier molecular flexibility index (Phi) is 5.01. The van der Waals surface area contributed by atoms with Gasteiger partial charge in [-0.25, -0.2) is 0 Å². The summed E-state index contributed by atoms with van der Waals surface area (Å²) in [7, 11) is -3.79. The third-order valence-electron chi connectivity index (χ3n) is 3.53. The number of rotatable bonds is 6. The Morgan fingerprint density at radius 3 is 2.23 bits per heavy atom. The second-order valence-electron chi connectivity index (χ2n) is 5.48. The molecule has 118 valence electrons. The van der Waals surface area contributed by atoms with Crippen LogP contribution in [-0.2, 0) is 19.9 Å². The molecule has 0 saturated carbocycles. The third kappa shape index (κ3) is 4.16. The topological polar surface area (TPSA) is 63.6 Å².